The maximum atomic E-state index is 12.4. The van der Waals surface area contributed by atoms with Gasteiger partial charge in [-0.3, -0.25) is 14.9 Å². The summed E-state index contributed by atoms with van der Waals surface area (Å²) in [6.07, 6.45) is 0. The average Bonchev–Trinajstić information content (AvgIpc) is 2.74. The van der Waals surface area contributed by atoms with Crippen LogP contribution in [-0.4, -0.2) is 48.0 Å². The molecule has 158 valence electrons. The fourth-order valence-electron chi connectivity index (χ4n) is 3.32. The van der Waals surface area contributed by atoms with E-state index in [0.717, 1.165) is 28.9 Å². The van der Waals surface area contributed by atoms with Gasteiger partial charge in [-0.2, -0.15) is 0 Å². The largest absolute Gasteiger partial charge is 0.366 e. The zero-order valence-electron chi connectivity index (χ0n) is 17.0. The summed E-state index contributed by atoms with van der Waals surface area (Å²) in [7, 11) is 0. The van der Waals surface area contributed by atoms with Crippen molar-refractivity contribution in [1.29, 1.82) is 0 Å². The highest BCUT2D eigenvalue weighted by molar-refractivity contribution is 9.10. The van der Waals surface area contributed by atoms with Crippen molar-refractivity contribution >= 4 is 56.4 Å². The van der Waals surface area contributed by atoms with Gasteiger partial charge in [0.15, 0.2) is 5.11 Å². The summed E-state index contributed by atoms with van der Waals surface area (Å²) in [5, 5.41) is 6.10. The molecule has 0 unspecified atom stereocenters. The Labute approximate surface area is 190 Å². The molecular weight excluding hydrogens is 464 g/mol. The second-order valence-electron chi connectivity index (χ2n) is 7.40. The van der Waals surface area contributed by atoms with Gasteiger partial charge >= 0.3 is 0 Å². The van der Waals surface area contributed by atoms with Crippen molar-refractivity contribution in [2.75, 3.05) is 36.4 Å². The van der Waals surface area contributed by atoms with E-state index in [1.807, 2.05) is 55.1 Å². The molecule has 0 atom stereocenters. The number of benzene rings is 2. The molecular formula is C22H25BrN4O2S. The molecule has 2 N–H and O–H groups in total. The first-order valence-corrected chi connectivity index (χ1v) is 11.1. The van der Waals surface area contributed by atoms with Crippen molar-refractivity contribution in [2.45, 2.75) is 13.8 Å². The van der Waals surface area contributed by atoms with E-state index < -0.39 is 0 Å². The lowest BCUT2D eigenvalue weighted by molar-refractivity contribution is -0.134. The van der Waals surface area contributed by atoms with Gasteiger partial charge in [0, 0.05) is 42.1 Å². The van der Waals surface area contributed by atoms with E-state index in [-0.39, 0.29) is 22.8 Å². The van der Waals surface area contributed by atoms with Gasteiger partial charge in [-0.05, 0) is 48.6 Å². The Kier molecular flexibility index (Phi) is 7.44. The zero-order valence-corrected chi connectivity index (χ0v) is 19.4. The molecule has 2 amide bonds. The van der Waals surface area contributed by atoms with Crippen LogP contribution in [0.1, 0.15) is 24.2 Å². The Hall–Kier alpha value is -2.45. The Bertz CT molecular complexity index is 925. The Morgan fingerprint density at radius 1 is 1.00 bits per heavy atom. The molecule has 2 aromatic rings. The van der Waals surface area contributed by atoms with Gasteiger partial charge in [-0.15, -0.1) is 0 Å². The van der Waals surface area contributed by atoms with E-state index >= 15 is 0 Å². The van der Waals surface area contributed by atoms with Crippen LogP contribution in [-0.2, 0) is 4.79 Å². The predicted molar refractivity (Wildman–Crippen MR) is 128 cm³/mol. The fraction of sp³-hybridized carbons (Fsp3) is 0.318. The Morgan fingerprint density at radius 3 is 2.27 bits per heavy atom. The zero-order chi connectivity index (χ0) is 21.7. The van der Waals surface area contributed by atoms with Crippen molar-refractivity contribution < 1.29 is 9.59 Å². The lowest BCUT2D eigenvalue weighted by atomic mass is 10.1. The summed E-state index contributed by atoms with van der Waals surface area (Å²) in [5.74, 6) is -0.0617. The minimum absolute atomic E-state index is 0.0113. The molecule has 0 spiro atoms. The highest BCUT2D eigenvalue weighted by Crippen LogP contribution is 2.27. The van der Waals surface area contributed by atoms with Crippen LogP contribution in [0.4, 0.5) is 11.4 Å². The topological polar surface area (TPSA) is 64.7 Å². The van der Waals surface area contributed by atoms with Crippen LogP contribution in [0, 0.1) is 5.92 Å². The quantitative estimate of drug-likeness (QED) is 0.639. The lowest BCUT2D eigenvalue weighted by Crippen LogP contribution is -2.50. The van der Waals surface area contributed by atoms with Gasteiger partial charge in [-0.25, -0.2) is 0 Å². The van der Waals surface area contributed by atoms with Crippen LogP contribution in [0.2, 0.25) is 0 Å². The second-order valence-corrected chi connectivity index (χ2v) is 8.72. The number of piperazine rings is 1. The normalized spacial score (nSPS) is 13.9. The van der Waals surface area contributed by atoms with Crippen molar-refractivity contribution in [1.82, 2.24) is 10.2 Å². The summed E-state index contributed by atoms with van der Waals surface area (Å²) in [4.78, 5) is 28.8. The highest BCUT2D eigenvalue weighted by atomic mass is 79.9. The fourth-order valence-corrected chi connectivity index (χ4v) is 3.79. The predicted octanol–water partition coefficient (Wildman–Crippen LogP) is 3.88. The van der Waals surface area contributed by atoms with Crippen LogP contribution in [0.3, 0.4) is 0 Å². The van der Waals surface area contributed by atoms with Gasteiger partial charge < -0.3 is 15.1 Å². The molecule has 30 heavy (non-hydrogen) atoms. The number of nitrogens with zero attached hydrogens (tertiary/aromatic N) is 2. The third kappa shape index (κ3) is 5.58. The van der Waals surface area contributed by atoms with Crippen molar-refractivity contribution in [2.24, 2.45) is 5.92 Å². The van der Waals surface area contributed by atoms with Crippen LogP contribution >= 0.6 is 28.1 Å². The molecule has 3 rings (SSSR count). The number of hydrogen-bond acceptors (Lipinski definition) is 4. The van der Waals surface area contributed by atoms with Crippen LogP contribution in [0.25, 0.3) is 0 Å². The number of carbonyl (C=O) groups is 2. The van der Waals surface area contributed by atoms with Gasteiger partial charge in [-0.1, -0.05) is 41.9 Å². The monoisotopic (exact) mass is 488 g/mol. The SMILES string of the molecule is CC(C)C(=O)N1CCN(c2ccccc2NC(=S)NC(=O)c2ccc(Br)cc2)CC1. The molecule has 0 aromatic heterocycles. The number of thiocarbonyl (C=S) groups is 1. The summed E-state index contributed by atoms with van der Waals surface area (Å²) in [5.41, 5.74) is 2.35. The lowest BCUT2D eigenvalue weighted by Gasteiger charge is -2.37. The Balaban J connectivity index is 1.63. The highest BCUT2D eigenvalue weighted by Gasteiger charge is 2.24. The Morgan fingerprint density at radius 2 is 1.63 bits per heavy atom. The molecule has 8 heteroatoms. The maximum absolute atomic E-state index is 12.4. The maximum Gasteiger partial charge on any atom is 0.257 e. The number of nitrogens with one attached hydrogen (secondary N) is 2. The third-order valence-corrected chi connectivity index (χ3v) is 5.64. The molecule has 0 radical (unpaired) electrons. The van der Waals surface area contributed by atoms with Crippen molar-refractivity contribution in [3.05, 3.63) is 58.6 Å². The van der Waals surface area contributed by atoms with Gasteiger partial charge in [0.25, 0.3) is 5.91 Å². The number of amides is 2. The molecule has 0 bridgehead atoms. The molecule has 6 nitrogen and oxygen atoms in total. The number of carbonyl (C=O) groups excluding carboxylic acids is 2. The van der Waals surface area contributed by atoms with Crippen LogP contribution < -0.4 is 15.5 Å². The van der Waals surface area contributed by atoms with E-state index in [0.29, 0.717) is 18.7 Å². The molecule has 1 fully saturated rings. The number of halogens is 1. The summed E-state index contributed by atoms with van der Waals surface area (Å²) >= 11 is 8.71. The van der Waals surface area contributed by atoms with Crippen LogP contribution in [0.15, 0.2) is 53.0 Å². The first-order valence-electron chi connectivity index (χ1n) is 9.86. The molecule has 1 aliphatic rings. The molecule has 1 heterocycles. The van der Waals surface area contributed by atoms with Gasteiger partial charge in [0.05, 0.1) is 11.4 Å². The van der Waals surface area contributed by atoms with E-state index in [1.165, 1.54) is 0 Å². The number of rotatable bonds is 4. The minimum atomic E-state index is -0.265. The summed E-state index contributed by atoms with van der Waals surface area (Å²) in [6.45, 7) is 6.73. The van der Waals surface area contributed by atoms with E-state index in [4.69, 9.17) is 12.2 Å². The van der Waals surface area contributed by atoms with Gasteiger partial charge in [0.2, 0.25) is 5.91 Å². The third-order valence-electron chi connectivity index (χ3n) is 4.91. The minimum Gasteiger partial charge on any atom is -0.366 e. The number of anilines is 2. The molecule has 1 aliphatic heterocycles. The van der Waals surface area contributed by atoms with Crippen molar-refractivity contribution in [3.63, 3.8) is 0 Å². The molecule has 0 saturated carbocycles. The van der Waals surface area contributed by atoms with E-state index in [1.54, 1.807) is 12.1 Å². The first-order chi connectivity index (χ1) is 14.3. The number of hydrogen-bond donors (Lipinski definition) is 2. The molecule has 2 aromatic carbocycles. The van der Waals surface area contributed by atoms with Gasteiger partial charge in [0.1, 0.15) is 0 Å². The standard InChI is InChI=1S/C22H25BrN4O2S/c1-15(2)21(29)27-13-11-26(12-14-27)19-6-4-3-5-18(19)24-22(30)25-20(28)16-7-9-17(23)10-8-16/h3-10,15H,11-14H2,1-2H3,(H2,24,25,28,30). The second kappa shape index (κ2) is 10.0. The summed E-state index contributed by atoms with van der Waals surface area (Å²) in [6, 6.07) is 14.9. The molecule has 1 saturated heterocycles. The average molecular weight is 489 g/mol. The number of para-hydroxylation sites is 2. The summed E-state index contributed by atoms with van der Waals surface area (Å²) < 4.78 is 0.906. The molecule has 0 aliphatic carbocycles. The van der Waals surface area contributed by atoms with E-state index in [9.17, 15) is 9.59 Å². The smallest absolute Gasteiger partial charge is 0.257 e. The van der Waals surface area contributed by atoms with Crippen LogP contribution in [0.5, 0.6) is 0 Å². The van der Waals surface area contributed by atoms with Crippen molar-refractivity contribution in [3.8, 4) is 0 Å². The van der Waals surface area contributed by atoms with E-state index in [2.05, 4.69) is 31.5 Å². The first kappa shape index (κ1) is 22.2.